The zero-order valence-corrected chi connectivity index (χ0v) is 19.3. The number of thioether (sulfide) groups is 1. The minimum absolute atomic E-state index is 0.234. The van der Waals surface area contributed by atoms with Crippen LogP contribution < -0.4 is 5.32 Å². The summed E-state index contributed by atoms with van der Waals surface area (Å²) >= 11 is 2.61. The van der Waals surface area contributed by atoms with Crippen molar-refractivity contribution in [2.75, 3.05) is 11.9 Å². The molecule has 1 atom stereocenters. The van der Waals surface area contributed by atoms with Gasteiger partial charge in [0.25, 0.3) is 0 Å². The van der Waals surface area contributed by atoms with Gasteiger partial charge in [-0.1, -0.05) is 48.2 Å². The molecule has 0 radical (unpaired) electrons. The molecule has 3 aromatic rings. The van der Waals surface area contributed by atoms with Gasteiger partial charge in [-0.2, -0.15) is 0 Å². The average Bonchev–Trinajstić information content (AvgIpc) is 3.33. The van der Waals surface area contributed by atoms with Gasteiger partial charge in [0.05, 0.1) is 11.9 Å². The zero-order valence-electron chi connectivity index (χ0n) is 17.6. The van der Waals surface area contributed by atoms with Crippen molar-refractivity contribution in [2.24, 2.45) is 0 Å². The number of carbonyl (C=O) groups excluding carboxylic acids is 2. The number of esters is 1. The molecule has 0 fully saturated rings. The summed E-state index contributed by atoms with van der Waals surface area (Å²) < 4.78 is 7.15. The molecule has 0 aliphatic heterocycles. The van der Waals surface area contributed by atoms with Gasteiger partial charge in [-0.25, -0.2) is 4.79 Å². The van der Waals surface area contributed by atoms with Gasteiger partial charge in [0.1, 0.15) is 16.4 Å². The molecule has 0 aliphatic rings. The SMILES string of the molecule is C=CCn1c(C)nnc1SC(C)C(=O)Nc1scc(-c2ccccc2)c1C(=O)OCC. The predicted molar refractivity (Wildman–Crippen MR) is 125 cm³/mol. The summed E-state index contributed by atoms with van der Waals surface area (Å²) in [6, 6.07) is 9.56. The maximum Gasteiger partial charge on any atom is 0.341 e. The molecule has 1 N–H and O–H groups in total. The van der Waals surface area contributed by atoms with Crippen LogP contribution in [0.25, 0.3) is 11.1 Å². The van der Waals surface area contributed by atoms with E-state index in [1.54, 1.807) is 19.9 Å². The summed E-state index contributed by atoms with van der Waals surface area (Å²) in [7, 11) is 0. The maximum atomic E-state index is 12.9. The van der Waals surface area contributed by atoms with Crippen LogP contribution in [0.3, 0.4) is 0 Å². The first kappa shape index (κ1) is 22.8. The number of hydrogen-bond acceptors (Lipinski definition) is 7. The molecule has 1 aromatic carbocycles. The third kappa shape index (κ3) is 5.23. The van der Waals surface area contributed by atoms with Crippen molar-refractivity contribution in [3.8, 4) is 11.1 Å². The van der Waals surface area contributed by atoms with Crippen molar-refractivity contribution in [3.63, 3.8) is 0 Å². The first-order valence-corrected chi connectivity index (χ1v) is 11.5. The summed E-state index contributed by atoms with van der Waals surface area (Å²) in [5.41, 5.74) is 1.99. The van der Waals surface area contributed by atoms with Crippen LogP contribution in [-0.4, -0.2) is 38.5 Å². The number of hydrogen-bond donors (Lipinski definition) is 1. The number of carbonyl (C=O) groups is 2. The van der Waals surface area contributed by atoms with Crippen molar-refractivity contribution in [2.45, 2.75) is 37.7 Å². The minimum Gasteiger partial charge on any atom is -0.462 e. The second-order valence-electron chi connectivity index (χ2n) is 6.62. The Kier molecular flexibility index (Phi) is 7.64. The largest absolute Gasteiger partial charge is 0.462 e. The van der Waals surface area contributed by atoms with Crippen molar-refractivity contribution in [1.29, 1.82) is 0 Å². The Hall–Kier alpha value is -2.91. The molecule has 0 aliphatic carbocycles. The number of aromatic nitrogens is 3. The monoisotopic (exact) mass is 456 g/mol. The topological polar surface area (TPSA) is 86.1 Å². The quantitative estimate of drug-likeness (QED) is 0.283. The molecule has 0 spiro atoms. The molecule has 1 unspecified atom stereocenters. The predicted octanol–water partition coefficient (Wildman–Crippen LogP) is 4.80. The number of rotatable bonds is 9. The van der Waals surface area contributed by atoms with Gasteiger partial charge in [-0.05, 0) is 26.3 Å². The van der Waals surface area contributed by atoms with Gasteiger partial charge in [-0.15, -0.1) is 28.1 Å². The number of amides is 1. The van der Waals surface area contributed by atoms with Gasteiger partial charge < -0.3 is 14.6 Å². The Labute approximate surface area is 189 Å². The molecule has 3 rings (SSSR count). The first-order chi connectivity index (χ1) is 15.0. The van der Waals surface area contributed by atoms with E-state index in [-0.39, 0.29) is 12.5 Å². The summed E-state index contributed by atoms with van der Waals surface area (Å²) in [5.74, 6) is 0.0627. The Morgan fingerprint density at radius 1 is 1.32 bits per heavy atom. The van der Waals surface area contributed by atoms with E-state index in [1.807, 2.05) is 47.2 Å². The minimum atomic E-state index is -0.459. The number of anilines is 1. The van der Waals surface area contributed by atoms with E-state index in [4.69, 9.17) is 4.74 Å². The lowest BCUT2D eigenvalue weighted by Gasteiger charge is -2.13. The van der Waals surface area contributed by atoms with E-state index in [9.17, 15) is 9.59 Å². The summed E-state index contributed by atoms with van der Waals surface area (Å²) in [4.78, 5) is 25.6. The Morgan fingerprint density at radius 2 is 2.06 bits per heavy atom. The number of aryl methyl sites for hydroxylation is 1. The summed E-state index contributed by atoms with van der Waals surface area (Å²) in [5, 5.41) is 13.7. The molecule has 1 amide bonds. The Bertz CT molecular complexity index is 1080. The van der Waals surface area contributed by atoms with Crippen LogP contribution >= 0.6 is 23.1 Å². The molecule has 0 saturated carbocycles. The highest BCUT2D eigenvalue weighted by Gasteiger charge is 2.25. The molecule has 162 valence electrons. The van der Waals surface area contributed by atoms with Crippen molar-refractivity contribution >= 4 is 40.0 Å². The van der Waals surface area contributed by atoms with Crippen LogP contribution in [0.4, 0.5) is 5.00 Å². The number of ether oxygens (including phenoxy) is 1. The molecule has 0 saturated heterocycles. The second kappa shape index (κ2) is 10.4. The lowest BCUT2D eigenvalue weighted by molar-refractivity contribution is -0.115. The van der Waals surface area contributed by atoms with E-state index >= 15 is 0 Å². The van der Waals surface area contributed by atoms with Crippen molar-refractivity contribution < 1.29 is 14.3 Å². The lowest BCUT2D eigenvalue weighted by Crippen LogP contribution is -2.23. The Balaban J connectivity index is 1.83. The molecule has 2 aromatic heterocycles. The summed E-state index contributed by atoms with van der Waals surface area (Å²) in [6.07, 6.45) is 1.76. The maximum absolute atomic E-state index is 12.9. The molecule has 7 nitrogen and oxygen atoms in total. The second-order valence-corrected chi connectivity index (χ2v) is 8.81. The third-order valence-electron chi connectivity index (χ3n) is 4.46. The highest BCUT2D eigenvalue weighted by atomic mass is 32.2. The molecular weight excluding hydrogens is 432 g/mol. The molecule has 31 heavy (non-hydrogen) atoms. The molecular formula is C22H24N4O3S2. The fourth-order valence-electron chi connectivity index (χ4n) is 2.90. The number of thiophene rings is 1. The third-order valence-corrected chi connectivity index (χ3v) is 6.43. The van der Waals surface area contributed by atoms with Crippen molar-refractivity contribution in [1.82, 2.24) is 14.8 Å². The molecule has 0 bridgehead atoms. The fraction of sp³-hybridized carbons (Fsp3) is 0.273. The molecule has 9 heteroatoms. The van der Waals surface area contributed by atoms with Gasteiger partial charge in [-0.3, -0.25) is 4.79 Å². The van der Waals surface area contributed by atoms with E-state index in [2.05, 4.69) is 22.1 Å². The van der Waals surface area contributed by atoms with Crippen LogP contribution in [-0.2, 0) is 16.1 Å². The van der Waals surface area contributed by atoms with Crippen LogP contribution in [0, 0.1) is 6.92 Å². The van der Waals surface area contributed by atoms with Gasteiger partial charge in [0.15, 0.2) is 5.16 Å². The van der Waals surface area contributed by atoms with E-state index in [1.165, 1.54) is 23.1 Å². The van der Waals surface area contributed by atoms with Crippen molar-refractivity contribution in [3.05, 3.63) is 59.8 Å². The van der Waals surface area contributed by atoms with Crippen LogP contribution in [0.1, 0.15) is 30.0 Å². The fourth-order valence-corrected chi connectivity index (χ4v) is 4.76. The Morgan fingerprint density at radius 3 is 2.74 bits per heavy atom. The normalized spacial score (nSPS) is 11.7. The number of nitrogens with one attached hydrogen (secondary N) is 1. The summed E-state index contributed by atoms with van der Waals surface area (Å²) in [6.45, 7) is 9.96. The highest BCUT2D eigenvalue weighted by molar-refractivity contribution is 8.00. The first-order valence-electron chi connectivity index (χ1n) is 9.78. The average molecular weight is 457 g/mol. The van der Waals surface area contributed by atoms with E-state index in [0.29, 0.717) is 22.3 Å². The number of allylic oxidation sites excluding steroid dienone is 1. The number of benzene rings is 1. The standard InChI is InChI=1S/C22H24N4O3S2/c1-5-12-26-15(4)24-25-22(26)31-14(3)19(27)23-20-18(21(28)29-6-2)17(13-30-20)16-10-8-7-9-11-16/h5,7-11,13-14H,1,6,12H2,2-4H3,(H,23,27). The zero-order chi connectivity index (χ0) is 22.4. The van der Waals surface area contributed by atoms with Crippen LogP contribution in [0.15, 0.2) is 53.5 Å². The molecule has 2 heterocycles. The lowest BCUT2D eigenvalue weighted by atomic mass is 10.0. The van der Waals surface area contributed by atoms with Crippen LogP contribution in [0.2, 0.25) is 0 Å². The highest BCUT2D eigenvalue weighted by Crippen LogP contribution is 2.36. The van der Waals surface area contributed by atoms with Gasteiger partial charge in [0.2, 0.25) is 5.91 Å². The van der Waals surface area contributed by atoms with Gasteiger partial charge in [0, 0.05) is 17.5 Å². The van der Waals surface area contributed by atoms with E-state index < -0.39 is 11.2 Å². The smallest absolute Gasteiger partial charge is 0.341 e. The van der Waals surface area contributed by atoms with Gasteiger partial charge >= 0.3 is 5.97 Å². The van der Waals surface area contributed by atoms with Crippen LogP contribution in [0.5, 0.6) is 0 Å². The van der Waals surface area contributed by atoms with E-state index in [0.717, 1.165) is 17.0 Å². The number of nitrogens with zero attached hydrogens (tertiary/aromatic N) is 3.